The van der Waals surface area contributed by atoms with Gasteiger partial charge in [-0.25, -0.2) is 8.42 Å². The summed E-state index contributed by atoms with van der Waals surface area (Å²) in [6, 6.07) is 5.04. The van der Waals surface area contributed by atoms with Gasteiger partial charge in [-0.15, -0.1) is 0 Å². The summed E-state index contributed by atoms with van der Waals surface area (Å²) in [5.41, 5.74) is 0.559. The first-order valence-corrected chi connectivity index (χ1v) is 7.39. The summed E-state index contributed by atoms with van der Waals surface area (Å²) in [5, 5.41) is 0. The maximum Gasteiger partial charge on any atom is 0.185 e. The Labute approximate surface area is 103 Å². The molecule has 1 heterocycles. The minimum absolute atomic E-state index is 0.244. The topological polar surface area (TPSA) is 52.6 Å². The van der Waals surface area contributed by atoms with E-state index in [-0.39, 0.29) is 4.90 Å². The highest BCUT2D eigenvalue weighted by Gasteiger charge is 2.25. The van der Waals surface area contributed by atoms with Crippen LogP contribution in [-0.2, 0) is 19.3 Å². The molecular weight excluding hydrogens is 296 g/mol. The van der Waals surface area contributed by atoms with E-state index in [2.05, 4.69) is 15.9 Å². The lowest BCUT2D eigenvalue weighted by molar-refractivity contribution is -0.0461. The summed E-state index contributed by atoms with van der Waals surface area (Å²) >= 11 is 3.25. The van der Waals surface area contributed by atoms with Crippen LogP contribution in [0.15, 0.2) is 27.6 Å². The molecule has 88 valence electrons. The van der Waals surface area contributed by atoms with Crippen molar-refractivity contribution in [2.45, 2.75) is 11.2 Å². The third kappa shape index (κ3) is 2.45. The molecule has 2 rings (SSSR count). The maximum absolute atomic E-state index is 11.6. The van der Waals surface area contributed by atoms with Gasteiger partial charge in [-0.2, -0.15) is 0 Å². The minimum Gasteiger partial charge on any atom is -0.346 e. The molecule has 0 aromatic heterocycles. The molecule has 1 aromatic carbocycles. The molecule has 0 bridgehead atoms. The van der Waals surface area contributed by atoms with Crippen molar-refractivity contribution in [1.82, 2.24) is 0 Å². The largest absolute Gasteiger partial charge is 0.346 e. The van der Waals surface area contributed by atoms with E-state index in [4.69, 9.17) is 9.47 Å². The molecule has 1 aliphatic rings. The lowest BCUT2D eigenvalue weighted by Gasteiger charge is -2.13. The van der Waals surface area contributed by atoms with Crippen LogP contribution in [0.5, 0.6) is 0 Å². The Morgan fingerprint density at radius 1 is 1.31 bits per heavy atom. The summed E-state index contributed by atoms with van der Waals surface area (Å²) < 4.78 is 34.6. The molecule has 1 aromatic rings. The smallest absolute Gasteiger partial charge is 0.185 e. The van der Waals surface area contributed by atoms with Gasteiger partial charge in [-0.3, -0.25) is 0 Å². The second-order valence-corrected chi connectivity index (χ2v) is 6.43. The zero-order chi connectivity index (χ0) is 11.8. The Hall–Kier alpha value is -0.430. The van der Waals surface area contributed by atoms with Gasteiger partial charge in [0.05, 0.1) is 18.1 Å². The van der Waals surface area contributed by atoms with Gasteiger partial charge in [0, 0.05) is 16.3 Å². The van der Waals surface area contributed by atoms with Crippen molar-refractivity contribution in [3.8, 4) is 0 Å². The Morgan fingerprint density at radius 3 is 2.50 bits per heavy atom. The van der Waals surface area contributed by atoms with Crippen LogP contribution in [-0.4, -0.2) is 27.9 Å². The first-order chi connectivity index (χ1) is 7.48. The SMILES string of the molecule is CS(=O)(=O)c1cc(Br)ccc1C1OCCO1. The van der Waals surface area contributed by atoms with Gasteiger partial charge in [-0.1, -0.05) is 22.0 Å². The van der Waals surface area contributed by atoms with E-state index in [1.807, 2.05) is 0 Å². The van der Waals surface area contributed by atoms with Crippen LogP contribution in [0.4, 0.5) is 0 Å². The second kappa shape index (κ2) is 4.44. The summed E-state index contributed by atoms with van der Waals surface area (Å²) in [7, 11) is -3.28. The normalized spacial score (nSPS) is 17.9. The summed E-state index contributed by atoms with van der Waals surface area (Å²) in [6.45, 7) is 0.980. The van der Waals surface area contributed by atoms with Crippen molar-refractivity contribution in [1.29, 1.82) is 0 Å². The number of benzene rings is 1. The lowest BCUT2D eigenvalue weighted by Crippen LogP contribution is -2.07. The highest BCUT2D eigenvalue weighted by Crippen LogP contribution is 2.31. The fourth-order valence-electron chi connectivity index (χ4n) is 1.56. The van der Waals surface area contributed by atoms with Crippen molar-refractivity contribution in [3.63, 3.8) is 0 Å². The molecule has 0 spiro atoms. The molecule has 1 aliphatic heterocycles. The van der Waals surface area contributed by atoms with E-state index in [0.717, 1.165) is 4.47 Å². The Balaban J connectivity index is 2.52. The number of rotatable bonds is 2. The van der Waals surface area contributed by atoms with Crippen LogP contribution < -0.4 is 0 Å². The van der Waals surface area contributed by atoms with Crippen molar-refractivity contribution >= 4 is 25.8 Å². The van der Waals surface area contributed by atoms with Crippen LogP contribution in [0.2, 0.25) is 0 Å². The number of hydrogen-bond donors (Lipinski definition) is 0. The van der Waals surface area contributed by atoms with Gasteiger partial charge >= 0.3 is 0 Å². The first kappa shape index (κ1) is 12.0. The summed E-state index contributed by atoms with van der Waals surface area (Å²) in [4.78, 5) is 0.244. The molecule has 16 heavy (non-hydrogen) atoms. The van der Waals surface area contributed by atoms with Gasteiger partial charge in [0.15, 0.2) is 16.1 Å². The fraction of sp³-hybridized carbons (Fsp3) is 0.400. The fourth-order valence-corrected chi connectivity index (χ4v) is 3.01. The molecular formula is C10H11BrO4S. The van der Waals surface area contributed by atoms with Crippen LogP contribution >= 0.6 is 15.9 Å². The maximum atomic E-state index is 11.6. The highest BCUT2D eigenvalue weighted by atomic mass is 79.9. The Bertz CT molecular complexity index is 492. The molecule has 0 N–H and O–H groups in total. The van der Waals surface area contributed by atoms with E-state index < -0.39 is 16.1 Å². The molecule has 0 aliphatic carbocycles. The number of hydrogen-bond acceptors (Lipinski definition) is 4. The highest BCUT2D eigenvalue weighted by molar-refractivity contribution is 9.10. The molecule has 4 nitrogen and oxygen atoms in total. The number of ether oxygens (including phenoxy) is 2. The van der Waals surface area contributed by atoms with E-state index in [1.54, 1.807) is 18.2 Å². The summed E-state index contributed by atoms with van der Waals surface area (Å²) in [5.74, 6) is 0. The van der Waals surface area contributed by atoms with Crippen LogP contribution in [0.1, 0.15) is 11.9 Å². The predicted octanol–water partition coefficient (Wildman–Crippen LogP) is 1.90. The summed E-state index contributed by atoms with van der Waals surface area (Å²) in [6.07, 6.45) is 0.602. The molecule has 0 atom stereocenters. The second-order valence-electron chi connectivity index (χ2n) is 3.53. The Morgan fingerprint density at radius 2 is 1.94 bits per heavy atom. The van der Waals surface area contributed by atoms with Crippen molar-refractivity contribution in [2.24, 2.45) is 0 Å². The average molecular weight is 307 g/mol. The van der Waals surface area contributed by atoms with Gasteiger partial charge in [-0.05, 0) is 12.1 Å². The lowest BCUT2D eigenvalue weighted by atomic mass is 10.2. The third-order valence-electron chi connectivity index (χ3n) is 2.25. The van der Waals surface area contributed by atoms with Crippen LogP contribution in [0.25, 0.3) is 0 Å². The Kier molecular flexibility index (Phi) is 3.34. The first-order valence-electron chi connectivity index (χ1n) is 4.71. The van der Waals surface area contributed by atoms with Crippen molar-refractivity contribution in [2.75, 3.05) is 19.5 Å². The van der Waals surface area contributed by atoms with E-state index in [0.29, 0.717) is 18.8 Å². The van der Waals surface area contributed by atoms with E-state index in [9.17, 15) is 8.42 Å². The number of sulfone groups is 1. The van der Waals surface area contributed by atoms with Gasteiger partial charge in [0.2, 0.25) is 0 Å². The molecule has 1 fully saturated rings. The van der Waals surface area contributed by atoms with E-state index >= 15 is 0 Å². The average Bonchev–Trinajstić information content (AvgIpc) is 2.69. The molecule has 1 saturated heterocycles. The molecule has 0 radical (unpaired) electrons. The van der Waals surface area contributed by atoms with Crippen LogP contribution in [0, 0.1) is 0 Å². The van der Waals surface area contributed by atoms with E-state index in [1.165, 1.54) is 6.26 Å². The van der Waals surface area contributed by atoms with Gasteiger partial charge < -0.3 is 9.47 Å². The van der Waals surface area contributed by atoms with Crippen LogP contribution in [0.3, 0.4) is 0 Å². The monoisotopic (exact) mass is 306 g/mol. The zero-order valence-electron chi connectivity index (χ0n) is 8.64. The standard InChI is InChI=1S/C10H11BrO4S/c1-16(12,13)9-6-7(11)2-3-8(9)10-14-4-5-15-10/h2-3,6,10H,4-5H2,1H3. The molecule has 0 unspecified atom stereocenters. The molecule has 6 heteroatoms. The number of halogens is 1. The minimum atomic E-state index is -3.28. The van der Waals surface area contributed by atoms with Gasteiger partial charge in [0.1, 0.15) is 0 Å². The zero-order valence-corrected chi connectivity index (χ0v) is 11.0. The van der Waals surface area contributed by atoms with Crippen molar-refractivity contribution < 1.29 is 17.9 Å². The molecule has 0 amide bonds. The quantitative estimate of drug-likeness (QED) is 0.837. The molecule has 0 saturated carbocycles. The van der Waals surface area contributed by atoms with Crippen molar-refractivity contribution in [3.05, 3.63) is 28.2 Å². The predicted molar refractivity (Wildman–Crippen MR) is 61.9 cm³/mol. The van der Waals surface area contributed by atoms with Gasteiger partial charge in [0.25, 0.3) is 0 Å². The third-order valence-corrected chi connectivity index (χ3v) is 3.90.